The number of nitrogens with one attached hydrogen (secondary N) is 1. The number of amides is 1. The quantitative estimate of drug-likeness (QED) is 0.182. The second kappa shape index (κ2) is 11.3. The summed E-state index contributed by atoms with van der Waals surface area (Å²) in [6.45, 7) is 0.277. The van der Waals surface area contributed by atoms with E-state index in [0.717, 1.165) is 11.1 Å². The van der Waals surface area contributed by atoms with Crippen molar-refractivity contribution in [3.63, 3.8) is 0 Å². The van der Waals surface area contributed by atoms with Crippen molar-refractivity contribution in [2.45, 2.75) is 24.8 Å². The van der Waals surface area contributed by atoms with E-state index < -0.39 is 34.9 Å². The Labute approximate surface area is 173 Å². The van der Waals surface area contributed by atoms with Gasteiger partial charge in [0.25, 0.3) is 0 Å². The third-order valence-corrected chi connectivity index (χ3v) is 4.21. The van der Waals surface area contributed by atoms with Crippen LogP contribution in [0.5, 0.6) is 0 Å². The summed E-state index contributed by atoms with van der Waals surface area (Å²) in [5.41, 5.74) is 12.2. The Hall–Kier alpha value is -3.79. The minimum Gasteiger partial charge on any atom is -0.387 e. The van der Waals surface area contributed by atoms with E-state index in [1.165, 1.54) is 0 Å². The fourth-order valence-electron chi connectivity index (χ4n) is 2.89. The van der Waals surface area contributed by atoms with Gasteiger partial charge in [0.15, 0.2) is 5.03 Å². The molecule has 10 heteroatoms. The maximum Gasteiger partial charge on any atom is 0.364 e. The molecule has 30 heavy (non-hydrogen) atoms. The first kappa shape index (κ1) is 22.5. The number of nitrogens with zero attached hydrogens (tertiary/aromatic N) is 2. The molecular weight excluding hydrogens is 390 g/mol. The molecule has 2 aromatic carbocycles. The van der Waals surface area contributed by atoms with E-state index in [9.17, 15) is 19.7 Å². The Morgan fingerprint density at radius 3 is 2.07 bits per heavy atom. The second-order valence-electron chi connectivity index (χ2n) is 6.34. The van der Waals surface area contributed by atoms with Crippen LogP contribution in [0.25, 0.3) is 0 Å². The molecule has 0 aromatic heterocycles. The molecule has 0 saturated heterocycles. The zero-order valence-corrected chi connectivity index (χ0v) is 16.1. The van der Waals surface area contributed by atoms with Crippen LogP contribution in [0.2, 0.25) is 0 Å². The lowest BCUT2D eigenvalue weighted by atomic mass is 9.90. The summed E-state index contributed by atoms with van der Waals surface area (Å²) in [7, 11) is 0. The molecule has 0 saturated carbocycles. The zero-order chi connectivity index (χ0) is 21.9. The molecule has 0 radical (unpaired) electrons. The molecule has 2 rings (SSSR count). The molecule has 2 aromatic rings. The first-order valence-electron chi connectivity index (χ1n) is 9.23. The van der Waals surface area contributed by atoms with Crippen LogP contribution in [0.1, 0.15) is 29.9 Å². The Kier molecular flexibility index (Phi) is 8.45. The Morgan fingerprint density at radius 2 is 1.60 bits per heavy atom. The molecule has 0 spiro atoms. The van der Waals surface area contributed by atoms with Crippen LogP contribution >= 0.6 is 0 Å². The molecular formula is C20H23N5O5. The number of amidine groups is 1. The van der Waals surface area contributed by atoms with Crippen LogP contribution in [-0.2, 0) is 14.3 Å². The van der Waals surface area contributed by atoms with E-state index in [4.69, 9.17) is 16.2 Å². The third kappa shape index (κ3) is 6.67. The number of hydrogen-bond acceptors (Lipinski definition) is 6. The lowest BCUT2D eigenvalue weighted by Gasteiger charge is -2.22. The SMILES string of the molecule is NCCC[C@H](NC(=O)C(c1ccccc1)c1ccccc1)C(=O)OC(N)=N[N+](=O)[O-]. The van der Waals surface area contributed by atoms with E-state index in [1.54, 1.807) is 0 Å². The number of carbonyl (C=O) groups excluding carboxylic acids is 2. The van der Waals surface area contributed by atoms with Crippen molar-refractivity contribution in [1.29, 1.82) is 0 Å². The first-order chi connectivity index (χ1) is 14.4. The van der Waals surface area contributed by atoms with Gasteiger partial charge in [0.2, 0.25) is 5.91 Å². The monoisotopic (exact) mass is 413 g/mol. The summed E-state index contributed by atoms with van der Waals surface area (Å²) in [4.78, 5) is 36.0. The Bertz CT molecular complexity index is 849. The van der Waals surface area contributed by atoms with Crippen molar-refractivity contribution in [2.24, 2.45) is 16.6 Å². The highest BCUT2D eigenvalue weighted by Crippen LogP contribution is 2.25. The third-order valence-electron chi connectivity index (χ3n) is 4.21. The summed E-state index contributed by atoms with van der Waals surface area (Å²) < 4.78 is 4.70. The number of rotatable bonds is 9. The Morgan fingerprint density at radius 1 is 1.07 bits per heavy atom. The van der Waals surface area contributed by atoms with Gasteiger partial charge in [-0.15, -0.1) is 0 Å². The van der Waals surface area contributed by atoms with Crippen molar-refractivity contribution in [3.8, 4) is 0 Å². The molecule has 1 atom stereocenters. The summed E-state index contributed by atoms with van der Waals surface area (Å²) in [5, 5.41) is 14.7. The summed E-state index contributed by atoms with van der Waals surface area (Å²) in [6.07, 6.45) is 0.580. The van der Waals surface area contributed by atoms with Crippen molar-refractivity contribution in [3.05, 3.63) is 81.9 Å². The highest BCUT2D eigenvalue weighted by atomic mass is 16.7. The second-order valence-corrected chi connectivity index (χ2v) is 6.34. The lowest BCUT2D eigenvalue weighted by molar-refractivity contribution is -0.486. The number of hydrazone groups is 1. The fraction of sp³-hybridized carbons (Fsp3) is 0.250. The van der Waals surface area contributed by atoms with Gasteiger partial charge >= 0.3 is 12.0 Å². The average molecular weight is 413 g/mol. The van der Waals surface area contributed by atoms with E-state index >= 15 is 0 Å². The van der Waals surface area contributed by atoms with Crippen LogP contribution in [0.3, 0.4) is 0 Å². The number of nitro groups is 1. The number of esters is 1. The molecule has 0 heterocycles. The van der Waals surface area contributed by atoms with Crippen molar-refractivity contribution >= 4 is 17.9 Å². The van der Waals surface area contributed by atoms with E-state index in [-0.39, 0.29) is 13.0 Å². The fourth-order valence-corrected chi connectivity index (χ4v) is 2.89. The number of hydrogen-bond donors (Lipinski definition) is 3. The molecule has 0 aliphatic carbocycles. The van der Waals surface area contributed by atoms with Gasteiger partial charge in [-0.05, 0) is 30.5 Å². The molecule has 0 aliphatic heterocycles. The molecule has 0 bridgehead atoms. The van der Waals surface area contributed by atoms with Gasteiger partial charge in [0.1, 0.15) is 11.1 Å². The summed E-state index contributed by atoms with van der Waals surface area (Å²) >= 11 is 0. The van der Waals surface area contributed by atoms with Crippen LogP contribution in [0.4, 0.5) is 0 Å². The van der Waals surface area contributed by atoms with Crippen LogP contribution in [0, 0.1) is 10.1 Å². The number of carbonyl (C=O) groups is 2. The maximum absolute atomic E-state index is 13.2. The van der Waals surface area contributed by atoms with Gasteiger partial charge in [0.05, 0.1) is 5.92 Å². The molecule has 0 unspecified atom stereocenters. The van der Waals surface area contributed by atoms with Gasteiger partial charge in [-0.3, -0.25) is 4.79 Å². The van der Waals surface area contributed by atoms with Gasteiger partial charge < -0.3 is 21.5 Å². The number of benzene rings is 2. The molecule has 158 valence electrons. The Balaban J connectivity index is 2.26. The van der Waals surface area contributed by atoms with Crippen LogP contribution in [0.15, 0.2) is 65.8 Å². The average Bonchev–Trinajstić information content (AvgIpc) is 2.72. The van der Waals surface area contributed by atoms with Gasteiger partial charge in [-0.1, -0.05) is 60.7 Å². The van der Waals surface area contributed by atoms with Crippen LogP contribution in [-0.4, -0.2) is 35.5 Å². The highest BCUT2D eigenvalue weighted by molar-refractivity contribution is 5.94. The lowest BCUT2D eigenvalue weighted by Crippen LogP contribution is -2.45. The van der Waals surface area contributed by atoms with E-state index in [1.807, 2.05) is 60.7 Å². The maximum atomic E-state index is 13.2. The minimum atomic E-state index is -1.10. The molecule has 10 nitrogen and oxygen atoms in total. The largest absolute Gasteiger partial charge is 0.387 e. The van der Waals surface area contributed by atoms with Crippen molar-refractivity contribution in [1.82, 2.24) is 5.32 Å². The summed E-state index contributed by atoms with van der Waals surface area (Å²) in [5.74, 6) is -2.07. The topological polar surface area (TPSA) is 163 Å². The standard InChI is InChI=1S/C20H23N5O5/c21-13-7-12-16(19(27)30-20(22)24-25(28)29)23-18(26)17(14-8-3-1-4-9-14)15-10-5-2-6-11-15/h1-6,8-11,16-17H,7,12-13,21H2,(H2,22,24)(H,23,26)/t16-/m0/s1. The number of nitrogens with two attached hydrogens (primary N) is 2. The van der Waals surface area contributed by atoms with Crippen LogP contribution < -0.4 is 16.8 Å². The normalized spacial score (nSPS) is 12.3. The predicted octanol–water partition coefficient (Wildman–Crippen LogP) is 1.09. The van der Waals surface area contributed by atoms with Gasteiger partial charge in [0, 0.05) is 0 Å². The first-order valence-corrected chi connectivity index (χ1v) is 9.23. The summed E-state index contributed by atoms with van der Waals surface area (Å²) in [6, 6.07) is 16.2. The minimum absolute atomic E-state index is 0.170. The molecule has 0 aliphatic rings. The molecule has 1 amide bonds. The van der Waals surface area contributed by atoms with E-state index in [0.29, 0.717) is 6.42 Å². The predicted molar refractivity (Wildman–Crippen MR) is 110 cm³/mol. The number of ether oxygens (including phenoxy) is 1. The highest BCUT2D eigenvalue weighted by Gasteiger charge is 2.29. The molecule has 0 fully saturated rings. The van der Waals surface area contributed by atoms with Gasteiger partial charge in [-0.25, -0.2) is 14.9 Å². The zero-order valence-electron chi connectivity index (χ0n) is 16.1. The molecule has 5 N–H and O–H groups in total. The van der Waals surface area contributed by atoms with E-state index in [2.05, 4.69) is 10.4 Å². The van der Waals surface area contributed by atoms with Crippen molar-refractivity contribution in [2.75, 3.05) is 6.54 Å². The van der Waals surface area contributed by atoms with Crippen molar-refractivity contribution < 1.29 is 19.4 Å². The smallest absolute Gasteiger partial charge is 0.364 e. The van der Waals surface area contributed by atoms with Gasteiger partial charge in [-0.2, -0.15) is 0 Å².